The Morgan fingerprint density at radius 2 is 2.15 bits per heavy atom. The van der Waals surface area contributed by atoms with Gasteiger partial charge in [-0.1, -0.05) is 6.92 Å². The van der Waals surface area contributed by atoms with Gasteiger partial charge in [-0.3, -0.25) is 4.79 Å². The molecule has 78 valence electrons. The van der Waals surface area contributed by atoms with Crippen LogP contribution in [0, 0.1) is 0 Å². The van der Waals surface area contributed by atoms with Gasteiger partial charge in [-0.25, -0.2) is 0 Å². The van der Waals surface area contributed by atoms with Crippen molar-refractivity contribution in [3.05, 3.63) is 0 Å². The molecule has 1 amide bonds. The molecule has 0 aromatic heterocycles. The Morgan fingerprint density at radius 3 is 2.62 bits per heavy atom. The van der Waals surface area contributed by atoms with Crippen molar-refractivity contribution in [2.75, 3.05) is 32.8 Å². The fraction of sp³-hybridized carbons (Fsp3) is 0.889. The highest BCUT2D eigenvalue weighted by molar-refractivity contribution is 5.72. The molecule has 0 aliphatic heterocycles. The van der Waals surface area contributed by atoms with Crippen LogP contribution in [0.25, 0.3) is 0 Å². The molecular weight excluding hydrogens is 168 g/mol. The van der Waals surface area contributed by atoms with Crippen LogP contribution in [-0.2, 0) is 4.79 Å². The average Bonchev–Trinajstić information content (AvgIpc) is 2.10. The van der Waals surface area contributed by atoms with Crippen molar-refractivity contribution < 1.29 is 9.90 Å². The van der Waals surface area contributed by atoms with Gasteiger partial charge in [-0.05, 0) is 13.0 Å². The van der Waals surface area contributed by atoms with Crippen LogP contribution in [0.1, 0.15) is 20.3 Å². The Labute approximate surface area is 79.9 Å². The zero-order valence-corrected chi connectivity index (χ0v) is 8.55. The summed E-state index contributed by atoms with van der Waals surface area (Å²) in [6.07, 6.45) is 0.800. The van der Waals surface area contributed by atoms with Gasteiger partial charge in [0, 0.05) is 33.2 Å². The molecule has 0 rings (SSSR count). The van der Waals surface area contributed by atoms with Crippen LogP contribution in [0.4, 0.5) is 0 Å². The first kappa shape index (κ1) is 12.4. The van der Waals surface area contributed by atoms with E-state index in [0.717, 1.165) is 26.1 Å². The molecule has 0 fully saturated rings. The molecule has 4 heteroatoms. The minimum absolute atomic E-state index is 0.0122. The Balaban J connectivity index is 3.41. The van der Waals surface area contributed by atoms with E-state index < -0.39 is 0 Å². The molecule has 0 atom stereocenters. The molecule has 0 bridgehead atoms. The Kier molecular flexibility index (Phi) is 7.63. The first-order valence-electron chi connectivity index (χ1n) is 4.78. The van der Waals surface area contributed by atoms with Gasteiger partial charge in [-0.2, -0.15) is 0 Å². The molecule has 0 aromatic rings. The monoisotopic (exact) mass is 188 g/mol. The lowest BCUT2D eigenvalue weighted by molar-refractivity contribution is -0.119. The smallest absolute Gasteiger partial charge is 0.216 e. The molecular formula is C9H20N2O2. The normalized spacial score (nSPS) is 10.5. The highest BCUT2D eigenvalue weighted by atomic mass is 16.3. The van der Waals surface area contributed by atoms with Crippen molar-refractivity contribution in [1.29, 1.82) is 0 Å². The second-order valence-corrected chi connectivity index (χ2v) is 2.99. The maximum absolute atomic E-state index is 10.6. The van der Waals surface area contributed by atoms with Crippen LogP contribution < -0.4 is 5.32 Å². The first-order chi connectivity index (χ1) is 6.20. The standard InChI is InChI=1S/C9H20N2O2/c1-3-11(6-4-8-12)7-5-10-9(2)13/h12H,3-8H2,1-2H3,(H,10,13). The van der Waals surface area contributed by atoms with E-state index in [4.69, 9.17) is 5.11 Å². The SMILES string of the molecule is CCN(CCCO)CCNC(C)=O. The van der Waals surface area contributed by atoms with Crippen molar-refractivity contribution in [2.24, 2.45) is 0 Å². The highest BCUT2D eigenvalue weighted by Gasteiger charge is 2.00. The third-order valence-corrected chi connectivity index (χ3v) is 1.88. The zero-order valence-electron chi connectivity index (χ0n) is 8.55. The lowest BCUT2D eigenvalue weighted by Gasteiger charge is -2.19. The van der Waals surface area contributed by atoms with Crippen molar-refractivity contribution in [2.45, 2.75) is 20.3 Å². The van der Waals surface area contributed by atoms with Crippen LogP contribution in [0.5, 0.6) is 0 Å². The van der Waals surface area contributed by atoms with Crippen LogP contribution in [0.3, 0.4) is 0 Å². The Hall–Kier alpha value is -0.610. The van der Waals surface area contributed by atoms with E-state index in [0.29, 0.717) is 6.54 Å². The second-order valence-electron chi connectivity index (χ2n) is 2.99. The molecule has 0 aliphatic carbocycles. The number of hydrogen-bond donors (Lipinski definition) is 2. The number of amides is 1. The summed E-state index contributed by atoms with van der Waals surface area (Å²) in [5, 5.41) is 11.4. The Bertz CT molecular complexity index is 140. The molecule has 0 heterocycles. The minimum atomic E-state index is 0.0122. The van der Waals surface area contributed by atoms with Crippen molar-refractivity contribution in [3.63, 3.8) is 0 Å². The second kappa shape index (κ2) is 8.01. The van der Waals surface area contributed by atoms with Gasteiger partial charge < -0.3 is 15.3 Å². The summed E-state index contributed by atoms with van der Waals surface area (Å²) in [5.74, 6) is 0.0122. The number of aliphatic hydroxyl groups is 1. The Morgan fingerprint density at radius 1 is 1.46 bits per heavy atom. The summed E-state index contributed by atoms with van der Waals surface area (Å²) in [4.78, 5) is 12.8. The van der Waals surface area contributed by atoms with E-state index in [9.17, 15) is 4.79 Å². The molecule has 0 unspecified atom stereocenters. The largest absolute Gasteiger partial charge is 0.396 e. The number of carbonyl (C=O) groups is 1. The van der Waals surface area contributed by atoms with Gasteiger partial charge in [0.05, 0.1) is 0 Å². The summed E-state index contributed by atoms with van der Waals surface area (Å²) < 4.78 is 0. The first-order valence-corrected chi connectivity index (χ1v) is 4.78. The summed E-state index contributed by atoms with van der Waals surface area (Å²) in [7, 11) is 0. The molecule has 0 aromatic carbocycles. The van der Waals surface area contributed by atoms with E-state index in [1.54, 1.807) is 0 Å². The van der Waals surface area contributed by atoms with Gasteiger partial charge in [0.15, 0.2) is 0 Å². The molecule has 0 radical (unpaired) electrons. The zero-order chi connectivity index (χ0) is 10.1. The van der Waals surface area contributed by atoms with Crippen LogP contribution in [0.15, 0.2) is 0 Å². The van der Waals surface area contributed by atoms with Crippen LogP contribution in [0.2, 0.25) is 0 Å². The van der Waals surface area contributed by atoms with Gasteiger partial charge in [0.1, 0.15) is 0 Å². The molecule has 0 saturated carbocycles. The van der Waals surface area contributed by atoms with E-state index in [1.807, 2.05) is 0 Å². The topological polar surface area (TPSA) is 52.6 Å². The minimum Gasteiger partial charge on any atom is -0.396 e. The fourth-order valence-electron chi connectivity index (χ4n) is 1.11. The number of aliphatic hydroxyl groups excluding tert-OH is 1. The maximum Gasteiger partial charge on any atom is 0.216 e. The van der Waals surface area contributed by atoms with Crippen LogP contribution >= 0.6 is 0 Å². The number of carbonyl (C=O) groups excluding carboxylic acids is 1. The van der Waals surface area contributed by atoms with E-state index in [-0.39, 0.29) is 12.5 Å². The van der Waals surface area contributed by atoms with Crippen molar-refractivity contribution >= 4 is 5.91 Å². The lowest BCUT2D eigenvalue weighted by atomic mass is 10.4. The third-order valence-electron chi connectivity index (χ3n) is 1.88. The maximum atomic E-state index is 10.6. The average molecular weight is 188 g/mol. The predicted octanol–water partition coefficient (Wildman–Crippen LogP) is -0.173. The quantitative estimate of drug-likeness (QED) is 0.583. The van der Waals surface area contributed by atoms with Crippen molar-refractivity contribution in [3.8, 4) is 0 Å². The van der Waals surface area contributed by atoms with Gasteiger partial charge in [0.2, 0.25) is 5.91 Å². The van der Waals surface area contributed by atoms with Gasteiger partial charge >= 0.3 is 0 Å². The highest BCUT2D eigenvalue weighted by Crippen LogP contribution is 1.89. The van der Waals surface area contributed by atoms with Gasteiger partial charge in [0.25, 0.3) is 0 Å². The number of likely N-dealkylation sites (N-methyl/N-ethyl adjacent to an activating group) is 1. The van der Waals surface area contributed by atoms with Crippen molar-refractivity contribution in [1.82, 2.24) is 10.2 Å². The summed E-state index contributed by atoms with van der Waals surface area (Å²) in [5.41, 5.74) is 0. The molecule has 0 saturated heterocycles. The summed E-state index contributed by atoms with van der Waals surface area (Å²) in [6.45, 7) is 7.22. The molecule has 0 spiro atoms. The number of hydrogen-bond acceptors (Lipinski definition) is 3. The fourth-order valence-corrected chi connectivity index (χ4v) is 1.11. The van der Waals surface area contributed by atoms with Crippen LogP contribution in [-0.4, -0.2) is 48.7 Å². The number of nitrogens with zero attached hydrogens (tertiary/aromatic N) is 1. The summed E-state index contributed by atoms with van der Waals surface area (Å²) >= 11 is 0. The molecule has 13 heavy (non-hydrogen) atoms. The van der Waals surface area contributed by atoms with E-state index >= 15 is 0 Å². The van der Waals surface area contributed by atoms with E-state index in [1.165, 1.54) is 6.92 Å². The number of nitrogens with one attached hydrogen (secondary N) is 1. The molecule has 2 N–H and O–H groups in total. The number of rotatable bonds is 7. The predicted molar refractivity (Wildman–Crippen MR) is 52.5 cm³/mol. The summed E-state index contributed by atoms with van der Waals surface area (Å²) in [6, 6.07) is 0. The van der Waals surface area contributed by atoms with Gasteiger partial charge in [-0.15, -0.1) is 0 Å². The molecule has 0 aliphatic rings. The molecule has 4 nitrogen and oxygen atoms in total. The van der Waals surface area contributed by atoms with E-state index in [2.05, 4.69) is 17.1 Å². The lowest BCUT2D eigenvalue weighted by Crippen LogP contribution is -2.34. The third kappa shape index (κ3) is 7.74.